The zero-order valence-electron chi connectivity index (χ0n) is 4.37. The highest BCUT2D eigenvalue weighted by atomic mass is 127. The molecular formula is C4H8BIP. The summed E-state index contributed by atoms with van der Waals surface area (Å²) in [6, 6.07) is 0. The van der Waals surface area contributed by atoms with Crippen molar-refractivity contribution in [2.24, 2.45) is 0 Å². The van der Waals surface area contributed by atoms with Crippen molar-refractivity contribution in [2.75, 3.05) is 6.16 Å². The normalized spacial score (nSPS) is 10.0. The van der Waals surface area contributed by atoms with Gasteiger partial charge in [0, 0.05) is 0 Å². The van der Waals surface area contributed by atoms with Crippen LogP contribution in [0.2, 0.25) is 0 Å². The summed E-state index contributed by atoms with van der Waals surface area (Å²) in [7, 11) is 0.957. The minimum atomic E-state index is 0.957. The van der Waals surface area contributed by atoms with Crippen molar-refractivity contribution >= 4 is 35.7 Å². The molecule has 1 unspecified atom stereocenters. The van der Waals surface area contributed by atoms with Gasteiger partial charge in [0.25, 0.3) is 0 Å². The zero-order chi connectivity index (χ0) is 5.70. The topological polar surface area (TPSA) is 0 Å². The Morgan fingerprint density at radius 2 is 2.57 bits per heavy atom. The van der Waals surface area contributed by atoms with Crippen LogP contribution >= 0.6 is 30.8 Å². The number of halogens is 1. The first kappa shape index (κ1) is 7.96. The predicted molar refractivity (Wildman–Crippen MR) is 47.8 cm³/mol. The lowest BCUT2D eigenvalue weighted by Gasteiger charge is -1.90. The van der Waals surface area contributed by atoms with Crippen LogP contribution in [0.4, 0.5) is 0 Å². The minimum Gasteiger partial charge on any atom is -0.152 e. The molecule has 0 heterocycles. The summed E-state index contributed by atoms with van der Waals surface area (Å²) in [6.45, 7) is 5.84. The first-order chi connectivity index (χ1) is 3.27. The van der Waals surface area contributed by atoms with E-state index < -0.39 is 0 Å². The summed E-state index contributed by atoms with van der Waals surface area (Å²) in [4.78, 5) is 2.16. The van der Waals surface area contributed by atoms with Crippen molar-refractivity contribution in [1.82, 2.24) is 0 Å². The van der Waals surface area contributed by atoms with E-state index in [1.165, 1.54) is 11.7 Å². The summed E-state index contributed by atoms with van der Waals surface area (Å²) < 4.78 is 0. The molecule has 0 saturated heterocycles. The SMILES string of the molecule is C=C(C)CP[B]I. The van der Waals surface area contributed by atoms with Crippen LogP contribution in [-0.4, -0.2) is 11.0 Å². The summed E-state index contributed by atoms with van der Waals surface area (Å²) in [5.74, 6) is 0. The second-order valence-electron chi connectivity index (χ2n) is 1.45. The van der Waals surface area contributed by atoms with Crippen LogP contribution in [0.1, 0.15) is 6.92 Å². The van der Waals surface area contributed by atoms with Crippen molar-refractivity contribution in [2.45, 2.75) is 6.92 Å². The molecule has 7 heavy (non-hydrogen) atoms. The molecule has 0 rings (SSSR count). The fraction of sp³-hybridized carbons (Fsp3) is 0.500. The Kier molecular flexibility index (Phi) is 5.81. The van der Waals surface area contributed by atoms with Gasteiger partial charge in [-0.2, -0.15) is 22.4 Å². The average Bonchev–Trinajstić information content (AvgIpc) is 1.61. The van der Waals surface area contributed by atoms with Gasteiger partial charge in [-0.3, -0.25) is 0 Å². The Balaban J connectivity index is 2.82. The second-order valence-corrected chi connectivity index (χ2v) is 4.30. The van der Waals surface area contributed by atoms with Crippen molar-refractivity contribution in [1.29, 1.82) is 0 Å². The van der Waals surface area contributed by atoms with Gasteiger partial charge < -0.3 is 0 Å². The van der Waals surface area contributed by atoms with E-state index in [1.54, 1.807) is 0 Å². The number of rotatable bonds is 3. The smallest absolute Gasteiger partial charge is 0.152 e. The molecule has 3 heteroatoms. The monoisotopic (exact) mass is 225 g/mol. The minimum absolute atomic E-state index is 0.957. The second kappa shape index (κ2) is 5.11. The molecular weight excluding hydrogens is 217 g/mol. The maximum atomic E-state index is 3.78. The van der Waals surface area contributed by atoms with Crippen LogP contribution in [0.15, 0.2) is 12.2 Å². The molecule has 0 aromatic carbocycles. The van der Waals surface area contributed by atoms with Crippen LogP contribution in [0.25, 0.3) is 0 Å². The predicted octanol–water partition coefficient (Wildman–Crippen LogP) is 2.21. The Morgan fingerprint density at radius 1 is 2.00 bits per heavy atom. The molecule has 0 aliphatic carbocycles. The highest BCUT2D eigenvalue weighted by Crippen LogP contribution is 2.12. The van der Waals surface area contributed by atoms with E-state index in [9.17, 15) is 0 Å². The fourth-order valence-electron chi connectivity index (χ4n) is 0.213. The highest BCUT2D eigenvalue weighted by Gasteiger charge is 1.83. The Morgan fingerprint density at radius 3 is 2.71 bits per heavy atom. The molecule has 0 bridgehead atoms. The van der Waals surface area contributed by atoms with Gasteiger partial charge in [-0.15, -0.1) is 8.46 Å². The van der Waals surface area contributed by atoms with Gasteiger partial charge in [-0.1, -0.05) is 12.2 Å². The largest absolute Gasteiger partial charge is 0.230 e. The number of hydrogen-bond donors (Lipinski definition) is 0. The molecule has 0 N–H and O–H groups in total. The number of allylic oxidation sites excluding steroid dienone is 1. The lowest BCUT2D eigenvalue weighted by molar-refractivity contribution is 1.44. The van der Waals surface area contributed by atoms with Crippen LogP contribution in [0, 0.1) is 0 Å². The lowest BCUT2D eigenvalue weighted by Crippen LogP contribution is -1.74. The molecule has 0 saturated carbocycles. The third kappa shape index (κ3) is 6.96. The van der Waals surface area contributed by atoms with Crippen molar-refractivity contribution in [3.8, 4) is 0 Å². The third-order valence-electron chi connectivity index (χ3n) is 0.481. The summed E-state index contributed by atoms with van der Waals surface area (Å²) in [5, 5.41) is 0. The van der Waals surface area contributed by atoms with Crippen molar-refractivity contribution in [3.05, 3.63) is 12.2 Å². The first-order valence-electron chi connectivity index (χ1n) is 2.07. The summed E-state index contributed by atoms with van der Waals surface area (Å²) in [5.41, 5.74) is 1.28. The molecule has 0 aliphatic rings. The van der Waals surface area contributed by atoms with E-state index in [4.69, 9.17) is 0 Å². The van der Waals surface area contributed by atoms with E-state index in [0.717, 1.165) is 8.46 Å². The molecule has 0 aliphatic heterocycles. The highest BCUT2D eigenvalue weighted by molar-refractivity contribution is 14.1. The van der Waals surface area contributed by atoms with Gasteiger partial charge >= 0.3 is 0 Å². The maximum absolute atomic E-state index is 3.78. The van der Waals surface area contributed by atoms with Crippen LogP contribution < -0.4 is 0 Å². The van der Waals surface area contributed by atoms with Crippen LogP contribution in [-0.2, 0) is 0 Å². The van der Waals surface area contributed by atoms with E-state index >= 15 is 0 Å². The van der Waals surface area contributed by atoms with E-state index in [-0.39, 0.29) is 0 Å². The summed E-state index contributed by atoms with van der Waals surface area (Å²) in [6.07, 6.45) is 1.17. The van der Waals surface area contributed by atoms with Crippen LogP contribution in [0.3, 0.4) is 0 Å². The van der Waals surface area contributed by atoms with Crippen LogP contribution in [0.5, 0.6) is 0 Å². The van der Waals surface area contributed by atoms with Crippen molar-refractivity contribution < 1.29 is 0 Å². The Labute approximate surface area is 61.0 Å². The number of hydrogen-bond acceptors (Lipinski definition) is 0. The molecule has 0 fully saturated rings. The van der Waals surface area contributed by atoms with E-state index in [2.05, 4.69) is 40.7 Å². The van der Waals surface area contributed by atoms with Gasteiger partial charge in [0.2, 0.25) is 4.86 Å². The molecule has 0 aromatic heterocycles. The van der Waals surface area contributed by atoms with Gasteiger partial charge in [0.1, 0.15) is 0 Å². The maximum Gasteiger partial charge on any atom is 0.230 e. The molecule has 0 spiro atoms. The molecule has 0 amide bonds. The zero-order valence-corrected chi connectivity index (χ0v) is 7.53. The van der Waals surface area contributed by atoms with Gasteiger partial charge in [0.15, 0.2) is 0 Å². The summed E-state index contributed by atoms with van der Waals surface area (Å²) >= 11 is 2.27. The third-order valence-corrected chi connectivity index (χ3v) is 2.76. The Hall–Kier alpha value is 0.965. The Bertz CT molecular complexity index is 64.7. The van der Waals surface area contributed by atoms with Gasteiger partial charge in [-0.05, 0) is 13.1 Å². The van der Waals surface area contributed by atoms with Gasteiger partial charge in [0.05, 0.1) is 0 Å². The lowest BCUT2D eigenvalue weighted by atomic mass is 10.4. The first-order valence-corrected chi connectivity index (χ1v) is 4.60. The molecule has 1 radical (unpaired) electrons. The quantitative estimate of drug-likeness (QED) is 0.299. The molecule has 39 valence electrons. The fourth-order valence-corrected chi connectivity index (χ4v) is 1.30. The van der Waals surface area contributed by atoms with E-state index in [1.807, 2.05) is 0 Å². The molecule has 0 nitrogen and oxygen atoms in total. The molecule has 0 aromatic rings. The average molecular weight is 225 g/mol. The van der Waals surface area contributed by atoms with Crippen molar-refractivity contribution in [3.63, 3.8) is 0 Å². The molecule has 1 atom stereocenters. The van der Waals surface area contributed by atoms with E-state index in [0.29, 0.717) is 0 Å². The van der Waals surface area contributed by atoms with Gasteiger partial charge in [-0.25, -0.2) is 0 Å². The standard InChI is InChI=1S/C4H8BIP/c1-4(2)3-7-5-6/h7H,1,3H2,2H3.